The molecule has 2 aliphatic rings. The molecule has 3 atom stereocenters. The Morgan fingerprint density at radius 3 is 2.37 bits per heavy atom. The number of rotatable bonds is 4. The smallest absolute Gasteiger partial charge is 0.0916 e. The average Bonchev–Trinajstić information content (AvgIpc) is 2.99. The Morgan fingerprint density at radius 2 is 1.79 bits per heavy atom. The molecule has 1 saturated carbocycles. The highest BCUT2D eigenvalue weighted by molar-refractivity contribution is 5.24. The van der Waals surface area contributed by atoms with Crippen LogP contribution in [-0.4, -0.2) is 29.6 Å². The van der Waals surface area contributed by atoms with Crippen molar-refractivity contribution in [1.29, 1.82) is 0 Å². The number of fused-ring (bicyclic) bond motifs is 1. The van der Waals surface area contributed by atoms with Crippen molar-refractivity contribution in [3.8, 4) is 0 Å². The molecule has 1 aliphatic carbocycles. The molecule has 1 aromatic rings. The highest BCUT2D eigenvalue weighted by Crippen LogP contribution is 2.38. The summed E-state index contributed by atoms with van der Waals surface area (Å²) in [5, 5.41) is 10.4. The van der Waals surface area contributed by atoms with Crippen LogP contribution < -0.4 is 0 Å². The van der Waals surface area contributed by atoms with Gasteiger partial charge in [0.2, 0.25) is 0 Å². The summed E-state index contributed by atoms with van der Waals surface area (Å²) < 4.78 is 0. The number of likely N-dealkylation sites (tertiary alicyclic amines) is 1. The summed E-state index contributed by atoms with van der Waals surface area (Å²) >= 11 is 0. The second-order valence-corrected chi connectivity index (χ2v) is 6.28. The van der Waals surface area contributed by atoms with Crippen LogP contribution in [0.15, 0.2) is 24.3 Å². The van der Waals surface area contributed by atoms with Crippen LogP contribution in [0.5, 0.6) is 0 Å². The maximum Gasteiger partial charge on any atom is 0.0916 e. The zero-order valence-electron chi connectivity index (χ0n) is 11.9. The Labute approximate surface area is 116 Å². The van der Waals surface area contributed by atoms with Gasteiger partial charge >= 0.3 is 0 Å². The van der Waals surface area contributed by atoms with Crippen LogP contribution in [0.25, 0.3) is 0 Å². The van der Waals surface area contributed by atoms with E-state index in [1.807, 2.05) is 0 Å². The Balaban J connectivity index is 1.57. The van der Waals surface area contributed by atoms with Crippen molar-refractivity contribution in [1.82, 2.24) is 4.90 Å². The molecule has 0 radical (unpaired) electrons. The SMILES string of the molecule is CCc1ccc(C(O)CN2CC3CCCC3C2)cc1. The predicted molar refractivity (Wildman–Crippen MR) is 78.1 cm³/mol. The Morgan fingerprint density at radius 1 is 1.16 bits per heavy atom. The number of hydrogen-bond donors (Lipinski definition) is 1. The first-order valence-corrected chi connectivity index (χ1v) is 7.75. The van der Waals surface area contributed by atoms with Crippen molar-refractivity contribution < 1.29 is 5.11 Å². The average molecular weight is 259 g/mol. The summed E-state index contributed by atoms with van der Waals surface area (Å²) in [5.41, 5.74) is 2.40. The summed E-state index contributed by atoms with van der Waals surface area (Å²) in [7, 11) is 0. The van der Waals surface area contributed by atoms with Gasteiger partial charge in [0.15, 0.2) is 0 Å². The first kappa shape index (κ1) is 13.1. The van der Waals surface area contributed by atoms with E-state index in [-0.39, 0.29) is 6.10 Å². The number of aryl methyl sites for hydroxylation is 1. The summed E-state index contributed by atoms with van der Waals surface area (Å²) in [6.45, 7) is 5.37. The maximum absolute atomic E-state index is 10.4. The lowest BCUT2D eigenvalue weighted by Crippen LogP contribution is -2.27. The minimum atomic E-state index is -0.329. The summed E-state index contributed by atoms with van der Waals surface area (Å²) in [6.07, 6.45) is 4.96. The number of aliphatic hydroxyl groups is 1. The quantitative estimate of drug-likeness (QED) is 0.898. The van der Waals surface area contributed by atoms with Gasteiger partial charge in [0.1, 0.15) is 0 Å². The van der Waals surface area contributed by atoms with Gasteiger partial charge in [0, 0.05) is 19.6 Å². The first-order valence-electron chi connectivity index (χ1n) is 7.75. The van der Waals surface area contributed by atoms with Gasteiger partial charge in [-0.1, -0.05) is 37.6 Å². The molecule has 3 rings (SSSR count). The normalized spacial score (nSPS) is 28.5. The van der Waals surface area contributed by atoms with Crippen molar-refractivity contribution in [3.63, 3.8) is 0 Å². The molecule has 19 heavy (non-hydrogen) atoms. The molecule has 0 aromatic heterocycles. The van der Waals surface area contributed by atoms with E-state index in [1.165, 1.54) is 37.9 Å². The zero-order chi connectivity index (χ0) is 13.2. The molecule has 1 aromatic carbocycles. The molecule has 1 saturated heterocycles. The third kappa shape index (κ3) is 2.85. The number of benzene rings is 1. The van der Waals surface area contributed by atoms with Crippen molar-refractivity contribution in [2.24, 2.45) is 11.8 Å². The van der Waals surface area contributed by atoms with Gasteiger partial charge in [0.05, 0.1) is 6.10 Å². The van der Waals surface area contributed by atoms with Crippen LogP contribution in [0.2, 0.25) is 0 Å². The van der Waals surface area contributed by atoms with E-state index in [2.05, 4.69) is 36.1 Å². The van der Waals surface area contributed by atoms with Gasteiger partial charge < -0.3 is 5.11 Å². The molecule has 104 valence electrons. The van der Waals surface area contributed by atoms with Gasteiger partial charge in [-0.15, -0.1) is 0 Å². The molecule has 1 heterocycles. The second-order valence-electron chi connectivity index (χ2n) is 6.28. The Kier molecular flexibility index (Phi) is 3.90. The van der Waals surface area contributed by atoms with Crippen molar-refractivity contribution in [2.75, 3.05) is 19.6 Å². The first-order chi connectivity index (χ1) is 9.26. The summed E-state index contributed by atoms with van der Waals surface area (Å²) in [4.78, 5) is 2.47. The predicted octanol–water partition coefficient (Wildman–Crippen LogP) is 3.01. The van der Waals surface area contributed by atoms with E-state index < -0.39 is 0 Å². The largest absolute Gasteiger partial charge is 0.387 e. The highest BCUT2D eigenvalue weighted by Gasteiger charge is 2.36. The minimum Gasteiger partial charge on any atom is -0.387 e. The van der Waals surface area contributed by atoms with E-state index in [0.29, 0.717) is 0 Å². The van der Waals surface area contributed by atoms with Gasteiger partial charge in [-0.3, -0.25) is 4.90 Å². The van der Waals surface area contributed by atoms with Crippen LogP contribution in [0, 0.1) is 11.8 Å². The standard InChI is InChI=1S/C17H25NO/c1-2-13-6-8-14(9-7-13)17(19)12-18-10-15-4-3-5-16(15)11-18/h6-9,15-17,19H,2-5,10-12H2,1H3. The number of nitrogens with zero attached hydrogens (tertiary/aromatic N) is 1. The number of aliphatic hydroxyl groups excluding tert-OH is 1. The molecule has 3 unspecified atom stereocenters. The number of hydrogen-bond acceptors (Lipinski definition) is 2. The van der Waals surface area contributed by atoms with Gasteiger partial charge in [0.25, 0.3) is 0 Å². The summed E-state index contributed by atoms with van der Waals surface area (Å²) in [5.74, 6) is 1.82. The van der Waals surface area contributed by atoms with E-state index >= 15 is 0 Å². The van der Waals surface area contributed by atoms with E-state index in [0.717, 1.165) is 30.4 Å². The topological polar surface area (TPSA) is 23.5 Å². The highest BCUT2D eigenvalue weighted by atomic mass is 16.3. The van der Waals surface area contributed by atoms with E-state index in [1.54, 1.807) is 0 Å². The fourth-order valence-corrected chi connectivity index (χ4v) is 3.81. The van der Waals surface area contributed by atoms with Gasteiger partial charge in [-0.2, -0.15) is 0 Å². The molecule has 2 nitrogen and oxygen atoms in total. The third-order valence-electron chi connectivity index (χ3n) is 5.01. The van der Waals surface area contributed by atoms with Crippen LogP contribution in [0.3, 0.4) is 0 Å². The van der Waals surface area contributed by atoms with Gasteiger partial charge in [-0.05, 0) is 42.2 Å². The monoisotopic (exact) mass is 259 g/mol. The van der Waals surface area contributed by atoms with Gasteiger partial charge in [-0.25, -0.2) is 0 Å². The third-order valence-corrected chi connectivity index (χ3v) is 5.01. The van der Waals surface area contributed by atoms with Crippen molar-refractivity contribution in [3.05, 3.63) is 35.4 Å². The van der Waals surface area contributed by atoms with Crippen LogP contribution in [0.4, 0.5) is 0 Å². The van der Waals surface area contributed by atoms with Crippen LogP contribution in [0.1, 0.15) is 43.4 Å². The lowest BCUT2D eigenvalue weighted by molar-refractivity contribution is 0.122. The summed E-state index contributed by atoms with van der Waals surface area (Å²) in [6, 6.07) is 8.44. The van der Waals surface area contributed by atoms with E-state index in [4.69, 9.17) is 0 Å². The molecule has 1 aliphatic heterocycles. The second kappa shape index (κ2) is 5.64. The Hall–Kier alpha value is -0.860. The van der Waals surface area contributed by atoms with E-state index in [9.17, 15) is 5.11 Å². The molecule has 0 amide bonds. The Bertz CT molecular complexity index is 402. The van der Waals surface area contributed by atoms with Crippen molar-refractivity contribution in [2.45, 2.75) is 38.7 Å². The lowest BCUT2D eigenvalue weighted by atomic mass is 10.0. The number of β-amino-alcohol motifs (C(OH)–C–C–N with tert-alkyl or cyclic N) is 1. The molecule has 0 bridgehead atoms. The molecule has 1 N–H and O–H groups in total. The fraction of sp³-hybridized carbons (Fsp3) is 0.647. The molecular formula is C17H25NO. The van der Waals surface area contributed by atoms with Crippen molar-refractivity contribution >= 4 is 0 Å². The molecular weight excluding hydrogens is 234 g/mol. The zero-order valence-corrected chi connectivity index (χ0v) is 11.9. The lowest BCUT2D eigenvalue weighted by Gasteiger charge is -2.21. The molecule has 0 spiro atoms. The minimum absolute atomic E-state index is 0.329. The maximum atomic E-state index is 10.4. The molecule has 2 fully saturated rings. The molecule has 2 heteroatoms. The van der Waals surface area contributed by atoms with Crippen LogP contribution in [-0.2, 0) is 6.42 Å². The van der Waals surface area contributed by atoms with Crippen LogP contribution >= 0.6 is 0 Å². The fourth-order valence-electron chi connectivity index (χ4n) is 3.81.